The molecular weight excluding hydrogens is 466 g/mol. The number of alkyl halides is 2. The number of aryl methyl sites for hydroxylation is 1. The van der Waals surface area contributed by atoms with Gasteiger partial charge >= 0.3 is 5.92 Å². The largest absolute Gasteiger partial charge is 0.373 e. The predicted octanol–water partition coefficient (Wildman–Crippen LogP) is 3.80. The van der Waals surface area contributed by atoms with Crippen LogP contribution in [0.3, 0.4) is 0 Å². The van der Waals surface area contributed by atoms with Crippen LogP contribution < -0.4 is 10.2 Å². The highest BCUT2D eigenvalue weighted by molar-refractivity contribution is 5.92. The zero-order valence-electron chi connectivity index (χ0n) is 21.5. The summed E-state index contributed by atoms with van der Waals surface area (Å²) in [6.07, 6.45) is 5.07. The summed E-state index contributed by atoms with van der Waals surface area (Å²) in [4.78, 5) is 26.3. The third-order valence-corrected chi connectivity index (χ3v) is 6.73. The predicted molar refractivity (Wildman–Crippen MR) is 136 cm³/mol. The van der Waals surface area contributed by atoms with Crippen LogP contribution in [-0.4, -0.2) is 75.2 Å². The highest BCUT2D eigenvalue weighted by atomic mass is 19.3. The number of nitrogens with zero attached hydrogens (tertiary/aromatic N) is 7. The Bertz CT molecular complexity index is 1220. The maximum Gasteiger partial charge on any atom is 0.303 e. The van der Waals surface area contributed by atoms with Gasteiger partial charge in [-0.1, -0.05) is 6.92 Å². The number of pyridine rings is 1. The Morgan fingerprint density at radius 3 is 2.50 bits per heavy atom. The number of hydrogen-bond acceptors (Lipinski definition) is 8. The number of hydrogen-bond donors (Lipinski definition) is 1. The number of fused-ring (bicyclic) bond motifs is 1. The van der Waals surface area contributed by atoms with E-state index in [1.165, 1.54) is 19.8 Å². The molecule has 194 valence electrons. The summed E-state index contributed by atoms with van der Waals surface area (Å²) in [5, 5.41) is 8.83. The Labute approximate surface area is 209 Å². The molecule has 3 aromatic rings. The highest BCUT2D eigenvalue weighted by Crippen LogP contribution is 2.35. The molecule has 2 fully saturated rings. The van der Waals surface area contributed by atoms with Gasteiger partial charge in [0.25, 0.3) is 0 Å². The number of carbonyl (C=O) groups excluding carboxylic acids is 1. The van der Waals surface area contributed by atoms with Crippen molar-refractivity contribution in [2.45, 2.75) is 52.5 Å². The van der Waals surface area contributed by atoms with Gasteiger partial charge in [-0.15, -0.1) is 5.10 Å². The molecule has 0 amide bonds. The molecule has 1 N–H and O–H groups in total. The molecule has 0 aliphatic carbocycles. The van der Waals surface area contributed by atoms with Crippen molar-refractivity contribution in [1.29, 1.82) is 0 Å². The van der Waals surface area contributed by atoms with E-state index in [0.29, 0.717) is 29.3 Å². The molecule has 2 atom stereocenters. The van der Waals surface area contributed by atoms with Crippen molar-refractivity contribution in [3.05, 3.63) is 29.8 Å². The van der Waals surface area contributed by atoms with Crippen molar-refractivity contribution >= 4 is 28.8 Å². The minimum atomic E-state index is -3.14. The maximum absolute atomic E-state index is 14.1. The van der Waals surface area contributed by atoms with Crippen LogP contribution in [0.5, 0.6) is 0 Å². The number of halogens is 2. The number of carbonyl (C=O) groups is 1. The van der Waals surface area contributed by atoms with Gasteiger partial charge < -0.3 is 15.0 Å². The standard InChI is InChI=1S/C23H30F2N8.C2H4O/c1-14-12-32(13-18(14)31-7-5-6-8-31)21-16-11-27-19(26-4)10-17(16)33(30-21)20-9-15(2)28-22(29-20)23(3,24)25;1-2-3/h9-11,14,18H,5-8,12-13H2,1-4H3,(H,26,27);2H,1H3. The lowest BCUT2D eigenvalue weighted by Gasteiger charge is -2.26. The fourth-order valence-corrected chi connectivity index (χ4v) is 5.07. The van der Waals surface area contributed by atoms with Crippen molar-refractivity contribution in [1.82, 2.24) is 29.6 Å². The molecule has 2 unspecified atom stereocenters. The van der Waals surface area contributed by atoms with Crippen LogP contribution in [0.15, 0.2) is 18.3 Å². The lowest BCUT2D eigenvalue weighted by atomic mass is 10.1. The first kappa shape index (κ1) is 25.9. The quantitative estimate of drug-likeness (QED) is 0.529. The van der Waals surface area contributed by atoms with Crippen LogP contribution in [0, 0.1) is 12.8 Å². The lowest BCUT2D eigenvalue weighted by Crippen LogP contribution is -2.38. The molecule has 2 aliphatic heterocycles. The summed E-state index contributed by atoms with van der Waals surface area (Å²) in [6, 6.07) is 4.05. The molecule has 0 saturated carbocycles. The first-order valence-corrected chi connectivity index (χ1v) is 12.4. The van der Waals surface area contributed by atoms with Gasteiger partial charge in [-0.25, -0.2) is 19.6 Å². The van der Waals surface area contributed by atoms with Gasteiger partial charge in [0, 0.05) is 57.1 Å². The molecule has 0 aromatic carbocycles. The van der Waals surface area contributed by atoms with Crippen LogP contribution >= 0.6 is 0 Å². The van der Waals surface area contributed by atoms with Crippen molar-refractivity contribution in [3.63, 3.8) is 0 Å². The average Bonchev–Trinajstić information content (AvgIpc) is 3.56. The molecule has 3 aromatic heterocycles. The van der Waals surface area contributed by atoms with E-state index >= 15 is 0 Å². The molecule has 0 spiro atoms. The maximum atomic E-state index is 14.1. The van der Waals surface area contributed by atoms with Gasteiger partial charge in [0.1, 0.15) is 12.1 Å². The van der Waals surface area contributed by atoms with Gasteiger partial charge in [0.2, 0.25) is 5.82 Å². The molecule has 9 nitrogen and oxygen atoms in total. The summed E-state index contributed by atoms with van der Waals surface area (Å²) >= 11 is 0. The Morgan fingerprint density at radius 2 is 1.86 bits per heavy atom. The number of rotatable bonds is 5. The number of aldehydes is 1. The molecule has 5 heterocycles. The molecule has 36 heavy (non-hydrogen) atoms. The average molecular weight is 501 g/mol. The first-order valence-electron chi connectivity index (χ1n) is 12.4. The van der Waals surface area contributed by atoms with Crippen LogP contribution in [0.4, 0.5) is 20.4 Å². The van der Waals surface area contributed by atoms with Crippen LogP contribution in [0.2, 0.25) is 0 Å². The van der Waals surface area contributed by atoms with Crippen molar-refractivity contribution < 1.29 is 13.6 Å². The zero-order chi connectivity index (χ0) is 26.0. The van der Waals surface area contributed by atoms with Crippen molar-refractivity contribution in [2.24, 2.45) is 5.92 Å². The van der Waals surface area contributed by atoms with Gasteiger partial charge in [0.15, 0.2) is 11.6 Å². The third-order valence-electron chi connectivity index (χ3n) is 6.73. The Morgan fingerprint density at radius 1 is 1.17 bits per heavy atom. The zero-order valence-corrected chi connectivity index (χ0v) is 21.5. The monoisotopic (exact) mass is 500 g/mol. The number of likely N-dealkylation sites (tertiary alicyclic amines) is 1. The summed E-state index contributed by atoms with van der Waals surface area (Å²) in [7, 11) is 1.79. The smallest absolute Gasteiger partial charge is 0.303 e. The van der Waals surface area contributed by atoms with E-state index < -0.39 is 11.7 Å². The van der Waals surface area contributed by atoms with Gasteiger partial charge in [-0.2, -0.15) is 8.78 Å². The van der Waals surface area contributed by atoms with Gasteiger partial charge in [-0.05, 0) is 45.7 Å². The Balaban J connectivity index is 0.000000967. The van der Waals surface area contributed by atoms with Gasteiger partial charge in [-0.3, -0.25) is 4.90 Å². The Hall–Kier alpha value is -3.21. The second-order valence-corrected chi connectivity index (χ2v) is 9.58. The molecule has 5 rings (SSSR count). The number of anilines is 2. The fraction of sp³-hybridized carbons (Fsp3) is 0.560. The third kappa shape index (κ3) is 5.16. The highest BCUT2D eigenvalue weighted by Gasteiger charge is 2.37. The fourth-order valence-electron chi connectivity index (χ4n) is 5.07. The number of aromatic nitrogens is 5. The van der Waals surface area contributed by atoms with Crippen LogP contribution in [0.25, 0.3) is 16.7 Å². The van der Waals surface area contributed by atoms with Crippen molar-refractivity contribution in [2.75, 3.05) is 43.4 Å². The van der Waals surface area contributed by atoms with E-state index in [0.717, 1.165) is 56.1 Å². The SMILES string of the molecule is CC=O.CNc1cc2c(cn1)c(N1CC(C)C(N3CCCC3)C1)nn2-c1cc(C)nc(C(C)(F)F)n1. The molecule has 2 saturated heterocycles. The summed E-state index contributed by atoms with van der Waals surface area (Å²) in [5.41, 5.74) is 1.23. The first-order chi connectivity index (χ1) is 17.2. The van der Waals surface area contributed by atoms with E-state index in [4.69, 9.17) is 9.89 Å². The van der Waals surface area contributed by atoms with Crippen LogP contribution in [-0.2, 0) is 10.7 Å². The Kier molecular flexibility index (Phi) is 7.49. The van der Waals surface area contributed by atoms with E-state index in [1.807, 2.05) is 6.07 Å². The summed E-state index contributed by atoms with van der Waals surface area (Å²) in [5.74, 6) is -1.32. The van der Waals surface area contributed by atoms with E-state index in [1.54, 1.807) is 30.9 Å². The van der Waals surface area contributed by atoms with Crippen molar-refractivity contribution in [3.8, 4) is 5.82 Å². The normalized spacial score (nSPS) is 20.5. The lowest BCUT2D eigenvalue weighted by molar-refractivity contribution is -0.106. The summed E-state index contributed by atoms with van der Waals surface area (Å²) in [6.45, 7) is 10.3. The van der Waals surface area contributed by atoms with Crippen LogP contribution in [0.1, 0.15) is 45.1 Å². The molecule has 2 aliphatic rings. The van der Waals surface area contributed by atoms with E-state index in [-0.39, 0.29) is 0 Å². The molecule has 0 radical (unpaired) electrons. The molecular formula is C25H34F2N8O. The molecule has 0 bridgehead atoms. The second-order valence-electron chi connectivity index (χ2n) is 9.58. The van der Waals surface area contributed by atoms with E-state index in [2.05, 4.69) is 37.0 Å². The minimum Gasteiger partial charge on any atom is -0.373 e. The minimum absolute atomic E-state index is 0.326. The summed E-state index contributed by atoms with van der Waals surface area (Å²) < 4.78 is 29.8. The number of nitrogens with one attached hydrogen (secondary N) is 1. The topological polar surface area (TPSA) is 92.1 Å². The second kappa shape index (κ2) is 10.4. The van der Waals surface area contributed by atoms with Gasteiger partial charge in [0.05, 0.1) is 10.9 Å². The molecule has 11 heteroatoms. The van der Waals surface area contributed by atoms with E-state index in [9.17, 15) is 8.78 Å².